The summed E-state index contributed by atoms with van der Waals surface area (Å²) in [7, 11) is 1.54. The van der Waals surface area contributed by atoms with Crippen molar-refractivity contribution in [3.8, 4) is 0 Å². The van der Waals surface area contributed by atoms with Gasteiger partial charge in [0.15, 0.2) is 0 Å². The van der Waals surface area contributed by atoms with E-state index in [-0.39, 0.29) is 24.9 Å². The first-order valence-electron chi connectivity index (χ1n) is 8.96. The summed E-state index contributed by atoms with van der Waals surface area (Å²) in [5.74, 6) is -0.810. The van der Waals surface area contributed by atoms with Crippen molar-refractivity contribution in [2.24, 2.45) is 5.92 Å². The van der Waals surface area contributed by atoms with Crippen molar-refractivity contribution >= 4 is 17.5 Å². The normalized spacial score (nSPS) is 15.5. The van der Waals surface area contributed by atoms with E-state index in [0.717, 1.165) is 23.3 Å². The molecule has 0 heterocycles. The van der Waals surface area contributed by atoms with Crippen molar-refractivity contribution in [2.75, 3.05) is 32.0 Å². The fraction of sp³-hybridized carbons (Fsp3) is 0.579. The molecular weight excluding hydrogens is 359 g/mol. The van der Waals surface area contributed by atoms with Gasteiger partial charge in [0.05, 0.1) is 13.1 Å². The fourth-order valence-electron chi connectivity index (χ4n) is 2.95. The second kappa shape index (κ2) is 8.73. The number of alkyl halides is 3. The molecule has 0 unspecified atom stereocenters. The molecule has 1 saturated carbocycles. The molecular formula is C19H26F3N3O2. The first-order valence-corrected chi connectivity index (χ1v) is 8.96. The molecule has 0 radical (unpaired) electrons. The number of carbonyl (C=O) groups excluding carboxylic acids is 2. The van der Waals surface area contributed by atoms with E-state index >= 15 is 0 Å². The summed E-state index contributed by atoms with van der Waals surface area (Å²) in [5, 5.41) is 2.71. The highest BCUT2D eigenvalue weighted by molar-refractivity contribution is 5.92. The van der Waals surface area contributed by atoms with Gasteiger partial charge in [0, 0.05) is 11.7 Å². The Bertz CT molecular complexity index is 657. The van der Waals surface area contributed by atoms with Gasteiger partial charge < -0.3 is 10.2 Å². The summed E-state index contributed by atoms with van der Waals surface area (Å²) in [4.78, 5) is 26.8. The topological polar surface area (TPSA) is 52.7 Å². The summed E-state index contributed by atoms with van der Waals surface area (Å²) in [6, 6.07) is 6.80. The molecule has 27 heavy (non-hydrogen) atoms. The second-order valence-corrected chi connectivity index (χ2v) is 7.30. The number of hydrogen-bond acceptors (Lipinski definition) is 3. The van der Waals surface area contributed by atoms with Gasteiger partial charge in [0.1, 0.15) is 6.54 Å². The number of amides is 2. The van der Waals surface area contributed by atoms with Crippen molar-refractivity contribution in [3.63, 3.8) is 0 Å². The maximum absolute atomic E-state index is 12.9. The molecule has 1 fully saturated rings. The molecule has 0 spiro atoms. The minimum atomic E-state index is -4.44. The van der Waals surface area contributed by atoms with Crippen molar-refractivity contribution in [1.29, 1.82) is 0 Å². The molecule has 0 saturated heterocycles. The lowest BCUT2D eigenvalue weighted by Gasteiger charge is -2.31. The van der Waals surface area contributed by atoms with E-state index < -0.39 is 24.7 Å². The second-order valence-electron chi connectivity index (χ2n) is 7.30. The number of likely N-dealkylation sites (N-methyl/N-ethyl adjacent to an activating group) is 1. The highest BCUT2D eigenvalue weighted by Crippen LogP contribution is 2.36. The van der Waals surface area contributed by atoms with Gasteiger partial charge >= 0.3 is 6.18 Å². The lowest BCUT2D eigenvalue weighted by molar-refractivity contribution is -0.166. The van der Waals surface area contributed by atoms with Crippen LogP contribution in [0.1, 0.15) is 25.3 Å². The van der Waals surface area contributed by atoms with Crippen LogP contribution in [0.2, 0.25) is 0 Å². The molecule has 5 nitrogen and oxygen atoms in total. The van der Waals surface area contributed by atoms with Crippen LogP contribution in [0.3, 0.4) is 0 Å². The van der Waals surface area contributed by atoms with E-state index in [9.17, 15) is 22.8 Å². The zero-order valence-corrected chi connectivity index (χ0v) is 15.8. The molecule has 1 aromatic carbocycles. The quantitative estimate of drug-likeness (QED) is 0.748. The minimum Gasteiger partial charge on any atom is -0.329 e. The van der Waals surface area contributed by atoms with Gasteiger partial charge in [-0.25, -0.2) is 0 Å². The van der Waals surface area contributed by atoms with Gasteiger partial charge in [0.25, 0.3) is 0 Å². The molecule has 1 atom stereocenters. The predicted octanol–water partition coefficient (Wildman–Crippen LogP) is 3.05. The molecule has 1 aliphatic carbocycles. The molecule has 2 amide bonds. The molecule has 0 aliphatic heterocycles. The third-order valence-corrected chi connectivity index (χ3v) is 4.62. The van der Waals surface area contributed by atoms with Crippen LogP contribution in [-0.2, 0) is 9.59 Å². The van der Waals surface area contributed by atoms with E-state index in [2.05, 4.69) is 5.32 Å². The predicted molar refractivity (Wildman–Crippen MR) is 97.3 cm³/mol. The number of anilines is 1. The molecule has 8 heteroatoms. The summed E-state index contributed by atoms with van der Waals surface area (Å²) >= 11 is 0. The Morgan fingerprint density at radius 2 is 1.78 bits per heavy atom. The largest absolute Gasteiger partial charge is 0.406 e. The molecule has 2 rings (SSSR count). The standard InChI is InChI=1S/C19H26F3N3O2/c1-13-4-8-16(9-5-13)23-17(26)10-24(3)11-18(27)25(12-19(20,21)22)14(2)15-6-7-15/h4-5,8-9,14-15H,6-7,10-12H2,1-3H3,(H,23,26)/t14-/m1/s1. The molecule has 1 aliphatic rings. The minimum absolute atomic E-state index is 0.0860. The molecule has 0 aromatic heterocycles. The number of rotatable bonds is 8. The molecule has 1 aromatic rings. The maximum atomic E-state index is 12.9. The van der Waals surface area contributed by atoms with Crippen LogP contribution < -0.4 is 5.32 Å². The number of benzene rings is 1. The maximum Gasteiger partial charge on any atom is 0.406 e. The number of nitrogens with zero attached hydrogens (tertiary/aromatic N) is 2. The summed E-state index contributed by atoms with van der Waals surface area (Å²) in [6.45, 7) is 2.00. The van der Waals surface area contributed by atoms with E-state index in [1.54, 1.807) is 26.1 Å². The van der Waals surface area contributed by atoms with E-state index in [1.165, 1.54) is 4.90 Å². The third-order valence-electron chi connectivity index (χ3n) is 4.62. The zero-order valence-electron chi connectivity index (χ0n) is 15.8. The van der Waals surface area contributed by atoms with Gasteiger partial charge in [-0.2, -0.15) is 13.2 Å². The van der Waals surface area contributed by atoms with Gasteiger partial charge in [-0.05, 0) is 51.8 Å². The van der Waals surface area contributed by atoms with Crippen molar-refractivity contribution < 1.29 is 22.8 Å². The van der Waals surface area contributed by atoms with Crippen LogP contribution in [-0.4, -0.2) is 60.5 Å². The summed E-state index contributed by atoms with van der Waals surface area (Å²) < 4.78 is 38.6. The van der Waals surface area contributed by atoms with Gasteiger partial charge in [-0.1, -0.05) is 17.7 Å². The van der Waals surface area contributed by atoms with Crippen LogP contribution in [0.25, 0.3) is 0 Å². The van der Waals surface area contributed by atoms with Crippen LogP contribution in [0, 0.1) is 12.8 Å². The van der Waals surface area contributed by atoms with E-state index in [4.69, 9.17) is 0 Å². The Balaban J connectivity index is 1.89. The third kappa shape index (κ3) is 7.21. The smallest absolute Gasteiger partial charge is 0.329 e. The van der Waals surface area contributed by atoms with Gasteiger partial charge in [-0.3, -0.25) is 14.5 Å². The average Bonchev–Trinajstić information content (AvgIpc) is 3.38. The average molecular weight is 385 g/mol. The van der Waals surface area contributed by atoms with Crippen molar-refractivity contribution in [1.82, 2.24) is 9.80 Å². The first kappa shape index (κ1) is 21.2. The van der Waals surface area contributed by atoms with E-state index in [1.807, 2.05) is 19.1 Å². The van der Waals surface area contributed by atoms with Gasteiger partial charge in [0.2, 0.25) is 11.8 Å². The Morgan fingerprint density at radius 3 is 2.30 bits per heavy atom. The highest BCUT2D eigenvalue weighted by Gasteiger charge is 2.40. The van der Waals surface area contributed by atoms with Gasteiger partial charge in [-0.15, -0.1) is 0 Å². The number of nitrogens with one attached hydrogen (secondary N) is 1. The Hall–Kier alpha value is -2.09. The Labute approximate surface area is 157 Å². The number of halogens is 3. The SMILES string of the molecule is Cc1ccc(NC(=O)CN(C)CC(=O)N(CC(F)(F)F)[C@H](C)C2CC2)cc1. The van der Waals surface area contributed by atoms with Crippen molar-refractivity contribution in [2.45, 2.75) is 38.9 Å². The Kier molecular flexibility index (Phi) is 6.86. The number of carbonyl (C=O) groups is 2. The van der Waals surface area contributed by atoms with Crippen LogP contribution in [0.4, 0.5) is 18.9 Å². The summed E-state index contributed by atoms with van der Waals surface area (Å²) in [6.07, 6.45) is -2.75. The van der Waals surface area contributed by atoms with Crippen LogP contribution >= 0.6 is 0 Å². The molecule has 1 N–H and O–H groups in total. The number of aryl methyl sites for hydroxylation is 1. The molecule has 150 valence electrons. The Morgan fingerprint density at radius 1 is 1.19 bits per heavy atom. The lowest BCUT2D eigenvalue weighted by atomic mass is 10.1. The van der Waals surface area contributed by atoms with Crippen LogP contribution in [0.5, 0.6) is 0 Å². The lowest BCUT2D eigenvalue weighted by Crippen LogP contribution is -2.49. The van der Waals surface area contributed by atoms with Crippen molar-refractivity contribution in [3.05, 3.63) is 29.8 Å². The fourth-order valence-corrected chi connectivity index (χ4v) is 2.95. The van der Waals surface area contributed by atoms with E-state index in [0.29, 0.717) is 5.69 Å². The first-order chi connectivity index (χ1) is 12.5. The monoisotopic (exact) mass is 385 g/mol. The van der Waals surface area contributed by atoms with Crippen LogP contribution in [0.15, 0.2) is 24.3 Å². The number of hydrogen-bond donors (Lipinski definition) is 1. The highest BCUT2D eigenvalue weighted by atomic mass is 19.4. The molecule has 0 bridgehead atoms. The zero-order chi connectivity index (χ0) is 20.2. The summed E-state index contributed by atoms with van der Waals surface area (Å²) in [5.41, 5.74) is 1.69.